The van der Waals surface area contributed by atoms with E-state index in [0.717, 1.165) is 10.4 Å². The van der Waals surface area contributed by atoms with Crippen LogP contribution in [0.1, 0.15) is 39.7 Å². The zero-order valence-electron chi connectivity index (χ0n) is 30.8. The van der Waals surface area contributed by atoms with Crippen molar-refractivity contribution in [2.24, 2.45) is 11.8 Å². The number of sulfonamides is 1. The van der Waals surface area contributed by atoms with E-state index in [-0.39, 0.29) is 60.8 Å². The second kappa shape index (κ2) is 18.7. The normalized spacial score (nSPS) is 21.3. The number of rotatable bonds is 19. The highest BCUT2D eigenvalue weighted by atomic mass is 32.2. The van der Waals surface area contributed by atoms with Gasteiger partial charge in [-0.05, 0) is 62.4 Å². The molecule has 1 unspecified atom stereocenters. The molecule has 7 atom stereocenters. The van der Waals surface area contributed by atoms with Crippen molar-refractivity contribution in [3.05, 3.63) is 48.0 Å². The summed E-state index contributed by atoms with van der Waals surface area (Å²) in [6, 6.07) is 9.26. The number of phenols is 1. The van der Waals surface area contributed by atoms with Crippen LogP contribution >= 0.6 is 7.37 Å². The molecule has 2 heterocycles. The summed E-state index contributed by atoms with van der Waals surface area (Å²) in [6.45, 7) is 8.53. The molecule has 4 rings (SSSR count). The Morgan fingerprint density at radius 1 is 1.09 bits per heavy atom. The third-order valence-electron chi connectivity index (χ3n) is 8.60. The second-order valence-electron chi connectivity index (χ2n) is 13.5. The lowest BCUT2D eigenvalue weighted by molar-refractivity contribution is -0.150. The van der Waals surface area contributed by atoms with Gasteiger partial charge in [0.2, 0.25) is 17.4 Å². The average molecular weight is 787 g/mol. The van der Waals surface area contributed by atoms with Crippen LogP contribution in [0.15, 0.2) is 47.4 Å². The number of phenolic OH excluding ortho intramolecular Hbond substituents is 1. The molecule has 296 valence electrons. The maximum Gasteiger partial charge on any atom is 0.407 e. The fourth-order valence-electron chi connectivity index (χ4n) is 5.98. The van der Waals surface area contributed by atoms with Crippen molar-refractivity contribution >= 4 is 29.5 Å². The number of aliphatic hydroxyl groups excluding tert-OH is 1. The Balaban J connectivity index is 1.50. The standard InChI is InChI=1S/C35H51N2O14PS/c1-7-46-33(40)23(4)51-52(6,42)21-49-25-10-8-24(9-11-25)16-28(36-35(41)50-32-20-48-34-27(32)14-15-47-34)30(39)19-37(18-22(2)3)53(43,44)26-12-13-31(45-5)29(38)17-26/h8-13,17,22-23,27-28,30,32,34,38-39H,7,14-16,18-21H2,1-6H3,(H,36,41)/t23-,27+,28+,30-,32+,34-,52?/m1/s1. The lowest BCUT2D eigenvalue weighted by Gasteiger charge is -2.31. The molecular formula is C35H51N2O14PS. The van der Waals surface area contributed by atoms with Crippen LogP contribution in [0, 0.1) is 11.8 Å². The molecule has 3 N–H and O–H groups in total. The third kappa shape index (κ3) is 11.8. The number of esters is 1. The van der Waals surface area contributed by atoms with Crippen LogP contribution < -0.4 is 14.8 Å². The quantitative estimate of drug-likeness (QED) is 0.137. The van der Waals surface area contributed by atoms with Gasteiger partial charge >= 0.3 is 12.1 Å². The van der Waals surface area contributed by atoms with Gasteiger partial charge < -0.3 is 48.5 Å². The molecule has 2 fully saturated rings. The molecule has 0 bridgehead atoms. The Bertz CT molecular complexity index is 1690. The Morgan fingerprint density at radius 2 is 1.81 bits per heavy atom. The summed E-state index contributed by atoms with van der Waals surface area (Å²) < 4.78 is 79.6. The highest BCUT2D eigenvalue weighted by molar-refractivity contribution is 7.89. The summed E-state index contributed by atoms with van der Waals surface area (Å²) in [7, 11) is -6.24. The highest BCUT2D eigenvalue weighted by Crippen LogP contribution is 2.44. The molecule has 2 aromatic rings. The predicted octanol–water partition coefficient (Wildman–Crippen LogP) is 3.72. The number of alkyl carbamates (subject to hydrolysis) is 1. The number of aromatic hydroxyl groups is 1. The van der Waals surface area contributed by atoms with Gasteiger partial charge in [-0.1, -0.05) is 26.0 Å². The first-order chi connectivity index (χ1) is 25.0. The van der Waals surface area contributed by atoms with Crippen LogP contribution in [0.4, 0.5) is 4.79 Å². The first-order valence-electron chi connectivity index (χ1n) is 17.4. The van der Waals surface area contributed by atoms with E-state index in [0.29, 0.717) is 24.3 Å². The van der Waals surface area contributed by atoms with Gasteiger partial charge in [-0.25, -0.2) is 18.0 Å². The number of ether oxygens (including phenoxy) is 6. The molecule has 16 nitrogen and oxygen atoms in total. The van der Waals surface area contributed by atoms with E-state index in [1.807, 2.05) is 13.8 Å². The SMILES string of the molecule is CCOC(=O)[C@@H](C)OP(C)(=O)COc1ccc(C[C@H](NC(=O)O[C@H]2CO[C@H]3OCC[C@H]32)[C@H](O)CN(CC(C)C)S(=O)(=O)c2ccc(OC)c(O)c2)cc1. The number of nitrogens with zero attached hydrogens (tertiary/aromatic N) is 1. The van der Waals surface area contributed by atoms with Crippen LogP contribution in [0.25, 0.3) is 0 Å². The number of nitrogens with one attached hydrogen (secondary N) is 1. The van der Waals surface area contributed by atoms with Crippen molar-refractivity contribution in [1.29, 1.82) is 0 Å². The van der Waals surface area contributed by atoms with Crippen LogP contribution in [-0.4, -0.2) is 119 Å². The van der Waals surface area contributed by atoms with E-state index < -0.39 is 66.6 Å². The van der Waals surface area contributed by atoms with Crippen LogP contribution in [0.5, 0.6) is 17.2 Å². The Hall–Kier alpha value is -3.44. The van der Waals surface area contributed by atoms with Crippen molar-refractivity contribution in [3.8, 4) is 17.2 Å². The number of aliphatic hydroxyl groups is 1. The van der Waals surface area contributed by atoms with Crippen LogP contribution in [0.2, 0.25) is 0 Å². The van der Waals surface area contributed by atoms with Gasteiger partial charge in [-0.2, -0.15) is 4.31 Å². The van der Waals surface area contributed by atoms with Crippen molar-refractivity contribution in [1.82, 2.24) is 9.62 Å². The zero-order valence-corrected chi connectivity index (χ0v) is 32.5. The fourth-order valence-corrected chi connectivity index (χ4v) is 8.82. The zero-order chi connectivity index (χ0) is 38.9. The van der Waals surface area contributed by atoms with Crippen molar-refractivity contribution in [2.45, 2.75) is 76.1 Å². The Morgan fingerprint density at radius 3 is 2.45 bits per heavy atom. The first-order valence-corrected chi connectivity index (χ1v) is 21.1. The number of hydrogen-bond donors (Lipinski definition) is 3. The summed E-state index contributed by atoms with van der Waals surface area (Å²) in [6.07, 6.45) is -3.88. The maximum absolute atomic E-state index is 13.8. The van der Waals surface area contributed by atoms with E-state index in [1.54, 1.807) is 31.2 Å². The van der Waals surface area contributed by atoms with Crippen LogP contribution in [0.3, 0.4) is 0 Å². The highest BCUT2D eigenvalue weighted by Gasteiger charge is 2.44. The average Bonchev–Trinajstić information content (AvgIpc) is 3.72. The Labute approximate surface area is 310 Å². The molecule has 2 saturated heterocycles. The molecule has 1 amide bonds. The minimum Gasteiger partial charge on any atom is -0.504 e. The van der Waals surface area contributed by atoms with Gasteiger partial charge in [0.1, 0.15) is 11.9 Å². The van der Waals surface area contributed by atoms with Gasteiger partial charge in [0.25, 0.3) is 0 Å². The maximum atomic E-state index is 13.8. The molecular weight excluding hydrogens is 735 g/mol. The molecule has 0 aliphatic carbocycles. The summed E-state index contributed by atoms with van der Waals surface area (Å²) in [5, 5.41) is 24.7. The number of methoxy groups -OCH3 is 1. The van der Waals surface area contributed by atoms with Gasteiger partial charge in [0.15, 0.2) is 30.2 Å². The van der Waals surface area contributed by atoms with Gasteiger partial charge in [0, 0.05) is 25.8 Å². The third-order valence-corrected chi connectivity index (χ3v) is 11.8. The van der Waals surface area contributed by atoms with Gasteiger partial charge in [-0.15, -0.1) is 0 Å². The van der Waals surface area contributed by atoms with Crippen LogP contribution in [-0.2, 0) is 49.3 Å². The van der Waals surface area contributed by atoms with Crippen molar-refractivity contribution in [2.75, 3.05) is 53.0 Å². The van der Waals surface area contributed by atoms with E-state index >= 15 is 0 Å². The molecule has 0 radical (unpaired) electrons. The summed E-state index contributed by atoms with van der Waals surface area (Å²) in [5.74, 6) is -0.817. The largest absolute Gasteiger partial charge is 0.504 e. The minimum absolute atomic E-state index is 0.0292. The lowest BCUT2D eigenvalue weighted by Crippen LogP contribution is -2.51. The molecule has 0 saturated carbocycles. The van der Waals surface area contributed by atoms with E-state index in [9.17, 15) is 32.8 Å². The molecule has 53 heavy (non-hydrogen) atoms. The predicted molar refractivity (Wildman–Crippen MR) is 192 cm³/mol. The second-order valence-corrected chi connectivity index (χ2v) is 17.9. The molecule has 18 heteroatoms. The summed E-state index contributed by atoms with van der Waals surface area (Å²) in [5.41, 5.74) is 0.639. The molecule has 2 aliphatic heterocycles. The van der Waals surface area contributed by atoms with Crippen molar-refractivity contribution in [3.63, 3.8) is 0 Å². The first kappa shape index (κ1) is 42.3. The Kier molecular flexibility index (Phi) is 15.0. The van der Waals surface area contributed by atoms with E-state index in [4.69, 9.17) is 32.9 Å². The monoisotopic (exact) mass is 786 g/mol. The molecule has 2 aromatic carbocycles. The topological polar surface area (TPSA) is 206 Å². The van der Waals surface area contributed by atoms with E-state index in [2.05, 4.69) is 5.32 Å². The minimum atomic E-state index is -4.23. The number of hydrogen-bond acceptors (Lipinski definition) is 14. The number of fused-ring (bicyclic) bond motifs is 1. The number of amides is 1. The lowest BCUT2D eigenvalue weighted by atomic mass is 10.0. The number of carbonyl (C=O) groups is 2. The molecule has 2 aliphatic rings. The van der Waals surface area contributed by atoms with Gasteiger partial charge in [-0.3, -0.25) is 4.57 Å². The summed E-state index contributed by atoms with van der Waals surface area (Å²) in [4.78, 5) is 25.0. The molecule has 0 spiro atoms. The fraction of sp³-hybridized carbons (Fsp3) is 0.600. The molecule has 0 aromatic heterocycles. The number of benzene rings is 2. The smallest absolute Gasteiger partial charge is 0.407 e. The number of carbonyl (C=O) groups excluding carboxylic acids is 2. The van der Waals surface area contributed by atoms with Crippen molar-refractivity contribution < 1.29 is 65.7 Å². The van der Waals surface area contributed by atoms with E-state index in [1.165, 1.54) is 32.8 Å². The summed E-state index contributed by atoms with van der Waals surface area (Å²) >= 11 is 0. The van der Waals surface area contributed by atoms with Gasteiger partial charge in [0.05, 0.1) is 49.9 Å².